The molecule has 0 radical (unpaired) electrons. The minimum Gasteiger partial charge on any atom is -0.465 e. The molecule has 9 heteroatoms. The number of aryl methyl sites for hydroxylation is 1. The number of carbonyl (C=O) groups is 1. The first-order chi connectivity index (χ1) is 13.8. The molecule has 0 fully saturated rings. The number of hydrogen-bond donors (Lipinski definition) is 0. The Hall–Kier alpha value is -3.62. The van der Waals surface area contributed by atoms with E-state index in [1.54, 1.807) is 42.3 Å². The van der Waals surface area contributed by atoms with Gasteiger partial charge in [0.05, 0.1) is 35.6 Å². The van der Waals surface area contributed by atoms with Crippen molar-refractivity contribution in [2.75, 3.05) is 7.11 Å². The summed E-state index contributed by atoms with van der Waals surface area (Å²) in [7, 11) is 3.05. The third-order valence-electron chi connectivity index (χ3n) is 4.52. The van der Waals surface area contributed by atoms with Crippen molar-refractivity contribution in [2.45, 2.75) is 6.18 Å². The Morgan fingerprint density at radius 3 is 2.41 bits per heavy atom. The molecule has 2 aromatic carbocycles. The maximum atomic E-state index is 12.9. The molecule has 0 N–H and O–H groups in total. The molecule has 0 amide bonds. The maximum absolute atomic E-state index is 12.9. The molecule has 4 rings (SSSR count). The third kappa shape index (κ3) is 3.35. The SMILES string of the molecule is COC(=O)c1ccc2c(-c3cnn(C)c3)nn(-c3ccc(C(F)(F)F)cc3)c2c1. The minimum absolute atomic E-state index is 0.311. The topological polar surface area (TPSA) is 61.9 Å². The zero-order valence-corrected chi connectivity index (χ0v) is 15.4. The molecule has 0 bridgehead atoms. The number of esters is 1. The van der Waals surface area contributed by atoms with E-state index in [4.69, 9.17) is 4.74 Å². The summed E-state index contributed by atoms with van der Waals surface area (Å²) in [6.07, 6.45) is -0.996. The number of carbonyl (C=O) groups excluding carboxylic acids is 1. The number of alkyl halides is 3. The molecule has 29 heavy (non-hydrogen) atoms. The van der Waals surface area contributed by atoms with Crippen LogP contribution in [0.5, 0.6) is 0 Å². The van der Waals surface area contributed by atoms with E-state index >= 15 is 0 Å². The predicted molar refractivity (Wildman–Crippen MR) is 99.6 cm³/mol. The van der Waals surface area contributed by atoms with Gasteiger partial charge in [0.25, 0.3) is 0 Å². The van der Waals surface area contributed by atoms with Crippen LogP contribution in [0.1, 0.15) is 15.9 Å². The van der Waals surface area contributed by atoms with Gasteiger partial charge in [0.2, 0.25) is 0 Å². The summed E-state index contributed by atoms with van der Waals surface area (Å²) in [5, 5.41) is 9.47. The lowest BCUT2D eigenvalue weighted by Crippen LogP contribution is -2.05. The van der Waals surface area contributed by atoms with Crippen LogP contribution >= 0.6 is 0 Å². The van der Waals surface area contributed by atoms with Gasteiger partial charge in [0, 0.05) is 24.2 Å². The molecule has 0 spiro atoms. The van der Waals surface area contributed by atoms with Gasteiger partial charge in [-0.05, 0) is 42.5 Å². The summed E-state index contributed by atoms with van der Waals surface area (Å²) in [6, 6.07) is 9.63. The Morgan fingerprint density at radius 2 is 1.83 bits per heavy atom. The Balaban J connectivity index is 1.93. The molecule has 2 heterocycles. The number of aromatic nitrogens is 4. The fourth-order valence-electron chi connectivity index (χ4n) is 3.10. The molecule has 148 valence electrons. The first-order valence-corrected chi connectivity index (χ1v) is 8.55. The smallest absolute Gasteiger partial charge is 0.416 e. The first kappa shape index (κ1) is 18.7. The normalized spacial score (nSPS) is 11.8. The highest BCUT2D eigenvalue weighted by molar-refractivity contribution is 5.99. The van der Waals surface area contributed by atoms with E-state index < -0.39 is 17.7 Å². The molecular weight excluding hydrogens is 385 g/mol. The predicted octanol–water partition coefficient (Wildman–Crippen LogP) is 4.23. The van der Waals surface area contributed by atoms with E-state index in [2.05, 4.69) is 10.2 Å². The number of benzene rings is 2. The van der Waals surface area contributed by atoms with Gasteiger partial charge in [-0.2, -0.15) is 23.4 Å². The van der Waals surface area contributed by atoms with E-state index in [0.29, 0.717) is 22.5 Å². The highest BCUT2D eigenvalue weighted by atomic mass is 19.4. The zero-order chi connectivity index (χ0) is 20.8. The summed E-state index contributed by atoms with van der Waals surface area (Å²) in [5.41, 5.74) is 1.90. The second-order valence-corrected chi connectivity index (χ2v) is 6.43. The molecule has 0 aliphatic rings. The quantitative estimate of drug-likeness (QED) is 0.483. The van der Waals surface area contributed by atoms with Crippen molar-refractivity contribution in [1.29, 1.82) is 0 Å². The largest absolute Gasteiger partial charge is 0.465 e. The number of halogens is 3. The van der Waals surface area contributed by atoms with Crippen LogP contribution in [0.4, 0.5) is 13.2 Å². The van der Waals surface area contributed by atoms with E-state index in [9.17, 15) is 18.0 Å². The monoisotopic (exact) mass is 400 g/mol. The molecule has 6 nitrogen and oxygen atoms in total. The first-order valence-electron chi connectivity index (χ1n) is 8.55. The minimum atomic E-state index is -4.43. The van der Waals surface area contributed by atoms with Crippen molar-refractivity contribution in [3.05, 3.63) is 66.0 Å². The van der Waals surface area contributed by atoms with Gasteiger partial charge in [0.1, 0.15) is 5.69 Å². The van der Waals surface area contributed by atoms with Crippen molar-refractivity contribution in [2.24, 2.45) is 7.05 Å². The highest BCUT2D eigenvalue weighted by Crippen LogP contribution is 2.33. The standard InChI is InChI=1S/C20H15F3N4O2/c1-26-11-13(10-24-26)18-16-8-3-12(19(28)29-2)9-17(16)27(25-18)15-6-4-14(5-7-15)20(21,22)23/h3-11H,1-2H3. The molecule has 0 aliphatic carbocycles. The van der Waals surface area contributed by atoms with E-state index in [-0.39, 0.29) is 0 Å². The zero-order valence-electron chi connectivity index (χ0n) is 15.4. The third-order valence-corrected chi connectivity index (χ3v) is 4.52. The van der Waals surface area contributed by atoms with Gasteiger partial charge in [-0.3, -0.25) is 4.68 Å². The van der Waals surface area contributed by atoms with Crippen LogP contribution in [0.15, 0.2) is 54.9 Å². The number of fused-ring (bicyclic) bond motifs is 1. The van der Waals surface area contributed by atoms with Crippen molar-refractivity contribution < 1.29 is 22.7 Å². The lowest BCUT2D eigenvalue weighted by Gasteiger charge is -2.08. The number of methoxy groups -OCH3 is 1. The summed E-state index contributed by atoms with van der Waals surface area (Å²) in [5.74, 6) is -0.519. The molecule has 4 aromatic rings. The fraction of sp³-hybridized carbons (Fsp3) is 0.150. The summed E-state index contributed by atoms with van der Waals surface area (Å²) in [4.78, 5) is 11.9. The van der Waals surface area contributed by atoms with Crippen molar-refractivity contribution >= 4 is 16.9 Å². The van der Waals surface area contributed by atoms with Gasteiger partial charge < -0.3 is 4.74 Å². The molecule has 0 unspecified atom stereocenters. The molecule has 0 aliphatic heterocycles. The van der Waals surface area contributed by atoms with Gasteiger partial charge in [-0.25, -0.2) is 9.48 Å². The van der Waals surface area contributed by atoms with Crippen molar-refractivity contribution in [3.8, 4) is 16.9 Å². The Bertz CT molecular complexity index is 1210. The number of rotatable bonds is 3. The van der Waals surface area contributed by atoms with E-state index in [1.807, 2.05) is 0 Å². The maximum Gasteiger partial charge on any atom is 0.416 e. The second-order valence-electron chi connectivity index (χ2n) is 6.43. The van der Waals surface area contributed by atoms with Crippen LogP contribution in [-0.4, -0.2) is 32.6 Å². The second kappa shape index (κ2) is 6.77. The van der Waals surface area contributed by atoms with Crippen LogP contribution in [0.2, 0.25) is 0 Å². The Kier molecular flexibility index (Phi) is 4.37. The number of nitrogens with zero attached hydrogens (tertiary/aromatic N) is 4. The average Bonchev–Trinajstić information content (AvgIpc) is 3.29. The Morgan fingerprint density at radius 1 is 1.10 bits per heavy atom. The van der Waals surface area contributed by atoms with Gasteiger partial charge in [-0.1, -0.05) is 0 Å². The Labute approximate surface area is 163 Å². The molecule has 2 aromatic heterocycles. The van der Waals surface area contributed by atoms with Crippen molar-refractivity contribution in [3.63, 3.8) is 0 Å². The molecule has 0 atom stereocenters. The van der Waals surface area contributed by atoms with E-state index in [1.165, 1.54) is 23.9 Å². The lowest BCUT2D eigenvalue weighted by atomic mass is 10.1. The summed E-state index contributed by atoms with van der Waals surface area (Å²) >= 11 is 0. The van der Waals surface area contributed by atoms with Gasteiger partial charge in [0.15, 0.2) is 0 Å². The molecular formula is C20H15F3N4O2. The molecule has 0 saturated heterocycles. The van der Waals surface area contributed by atoms with Crippen LogP contribution in [0.3, 0.4) is 0 Å². The van der Waals surface area contributed by atoms with Crippen LogP contribution in [0, 0.1) is 0 Å². The highest BCUT2D eigenvalue weighted by Gasteiger charge is 2.30. The van der Waals surface area contributed by atoms with Crippen LogP contribution in [-0.2, 0) is 18.0 Å². The van der Waals surface area contributed by atoms with Gasteiger partial charge >= 0.3 is 12.1 Å². The number of hydrogen-bond acceptors (Lipinski definition) is 4. The fourth-order valence-corrected chi connectivity index (χ4v) is 3.10. The van der Waals surface area contributed by atoms with Crippen molar-refractivity contribution in [1.82, 2.24) is 19.6 Å². The summed E-state index contributed by atoms with van der Waals surface area (Å²) in [6.45, 7) is 0. The van der Waals surface area contributed by atoms with Crippen LogP contribution < -0.4 is 0 Å². The lowest BCUT2D eigenvalue weighted by molar-refractivity contribution is -0.137. The summed E-state index contributed by atoms with van der Waals surface area (Å²) < 4.78 is 46.6. The van der Waals surface area contributed by atoms with Gasteiger partial charge in [-0.15, -0.1) is 0 Å². The van der Waals surface area contributed by atoms with Crippen LogP contribution in [0.25, 0.3) is 27.8 Å². The molecule has 0 saturated carbocycles. The number of ether oxygens (including phenoxy) is 1. The van der Waals surface area contributed by atoms with E-state index in [0.717, 1.165) is 23.1 Å². The average molecular weight is 400 g/mol.